The molecule has 2 bridgehead atoms. The Morgan fingerprint density at radius 3 is 2.30 bits per heavy atom. The highest BCUT2D eigenvalue weighted by molar-refractivity contribution is 5.90. The molecule has 3 aliphatic rings. The molecular formula is C19H23NO3. The van der Waals surface area contributed by atoms with Crippen LogP contribution in [0.1, 0.15) is 51.0 Å². The zero-order valence-electron chi connectivity index (χ0n) is 13.5. The predicted octanol–water partition coefficient (Wildman–Crippen LogP) is 2.96. The van der Waals surface area contributed by atoms with Gasteiger partial charge in [-0.05, 0) is 49.5 Å². The summed E-state index contributed by atoms with van der Waals surface area (Å²) in [5.74, 6) is -0.741. The normalized spacial score (nSPS) is 38.4. The third-order valence-corrected chi connectivity index (χ3v) is 6.46. The summed E-state index contributed by atoms with van der Waals surface area (Å²) >= 11 is 0. The first-order chi connectivity index (χ1) is 11.0. The number of benzene rings is 1. The summed E-state index contributed by atoms with van der Waals surface area (Å²) in [7, 11) is 0. The Morgan fingerprint density at radius 1 is 1.13 bits per heavy atom. The van der Waals surface area contributed by atoms with Gasteiger partial charge in [0.15, 0.2) is 0 Å². The van der Waals surface area contributed by atoms with Crippen LogP contribution < -0.4 is 0 Å². The van der Waals surface area contributed by atoms with E-state index in [2.05, 4.69) is 19.1 Å². The van der Waals surface area contributed by atoms with E-state index in [1.807, 2.05) is 18.2 Å². The molecule has 4 heteroatoms. The third kappa shape index (κ3) is 1.97. The summed E-state index contributed by atoms with van der Waals surface area (Å²) in [4.78, 5) is 26.5. The summed E-state index contributed by atoms with van der Waals surface area (Å²) < 4.78 is 0. The fraction of sp³-hybridized carbons (Fsp3) is 0.579. The van der Waals surface area contributed by atoms with Crippen molar-refractivity contribution >= 4 is 11.9 Å². The average Bonchev–Trinajstić information content (AvgIpc) is 3.09. The Hall–Kier alpha value is -1.84. The highest BCUT2D eigenvalue weighted by Gasteiger charge is 2.60. The molecule has 122 valence electrons. The molecule has 4 rings (SSSR count). The lowest BCUT2D eigenvalue weighted by Gasteiger charge is -2.47. The van der Waals surface area contributed by atoms with Crippen molar-refractivity contribution in [1.29, 1.82) is 0 Å². The molecule has 1 saturated carbocycles. The fourth-order valence-corrected chi connectivity index (χ4v) is 5.11. The molecule has 3 fully saturated rings. The molecule has 0 aromatic heterocycles. The van der Waals surface area contributed by atoms with Gasteiger partial charge in [0.2, 0.25) is 5.91 Å². The van der Waals surface area contributed by atoms with Crippen molar-refractivity contribution in [1.82, 2.24) is 4.90 Å². The van der Waals surface area contributed by atoms with E-state index in [0.717, 1.165) is 25.7 Å². The Kier molecular flexibility index (Phi) is 3.09. The zero-order chi connectivity index (χ0) is 16.2. The molecule has 23 heavy (non-hydrogen) atoms. The summed E-state index contributed by atoms with van der Waals surface area (Å²) in [5.41, 5.74) is 0.429. The Labute approximate surface area is 136 Å². The molecule has 1 aromatic carbocycles. The minimum Gasteiger partial charge on any atom is -0.479 e. The van der Waals surface area contributed by atoms with Crippen LogP contribution in [0.5, 0.6) is 0 Å². The van der Waals surface area contributed by atoms with E-state index in [0.29, 0.717) is 12.8 Å². The van der Waals surface area contributed by atoms with Crippen molar-refractivity contribution in [2.75, 3.05) is 0 Å². The standard InChI is InChI=1S/C19H23NO3/c1-18(14-5-3-2-4-6-14)11-13(12-18)16(21)20-15-7-9-19(20,10-8-15)17(22)23/h2-6,13,15H,7-12H2,1H3,(H,22,23). The van der Waals surface area contributed by atoms with Crippen LogP contribution in [0.15, 0.2) is 30.3 Å². The number of carbonyl (C=O) groups excluding carboxylic acids is 1. The predicted molar refractivity (Wildman–Crippen MR) is 86.0 cm³/mol. The second kappa shape index (κ2) is 4.83. The number of amides is 1. The molecule has 0 radical (unpaired) electrons. The van der Waals surface area contributed by atoms with Crippen LogP contribution in [-0.4, -0.2) is 33.5 Å². The van der Waals surface area contributed by atoms with Crippen LogP contribution in [-0.2, 0) is 15.0 Å². The van der Waals surface area contributed by atoms with E-state index in [-0.39, 0.29) is 23.3 Å². The smallest absolute Gasteiger partial charge is 0.329 e. The van der Waals surface area contributed by atoms with Crippen LogP contribution in [0.25, 0.3) is 0 Å². The minimum absolute atomic E-state index is 0.0161. The second-order valence-electron chi connectivity index (χ2n) is 7.81. The van der Waals surface area contributed by atoms with Crippen molar-refractivity contribution in [2.45, 2.75) is 62.4 Å². The number of aliphatic carboxylic acids is 1. The van der Waals surface area contributed by atoms with Crippen molar-refractivity contribution in [3.63, 3.8) is 0 Å². The van der Waals surface area contributed by atoms with Crippen LogP contribution >= 0.6 is 0 Å². The van der Waals surface area contributed by atoms with Crippen molar-refractivity contribution in [2.24, 2.45) is 5.92 Å². The maximum atomic E-state index is 13.0. The van der Waals surface area contributed by atoms with Gasteiger partial charge in [0.05, 0.1) is 0 Å². The number of hydrogen-bond donors (Lipinski definition) is 1. The molecule has 0 unspecified atom stereocenters. The average molecular weight is 313 g/mol. The van der Waals surface area contributed by atoms with Gasteiger partial charge < -0.3 is 10.0 Å². The van der Waals surface area contributed by atoms with Crippen LogP contribution in [0.2, 0.25) is 0 Å². The first-order valence-corrected chi connectivity index (χ1v) is 8.58. The number of rotatable bonds is 3. The maximum absolute atomic E-state index is 13.0. The van der Waals surface area contributed by atoms with Crippen LogP contribution in [0.3, 0.4) is 0 Å². The number of carboxylic acids is 1. The Balaban J connectivity index is 1.51. The van der Waals surface area contributed by atoms with Gasteiger partial charge >= 0.3 is 5.97 Å². The maximum Gasteiger partial charge on any atom is 0.329 e. The monoisotopic (exact) mass is 313 g/mol. The van der Waals surface area contributed by atoms with Gasteiger partial charge in [0, 0.05) is 12.0 Å². The molecule has 2 heterocycles. The summed E-state index contributed by atoms with van der Waals surface area (Å²) in [6.07, 6.45) is 4.60. The van der Waals surface area contributed by atoms with E-state index >= 15 is 0 Å². The number of fused-ring (bicyclic) bond motifs is 2. The zero-order valence-corrected chi connectivity index (χ0v) is 13.5. The first kappa shape index (κ1) is 14.7. The lowest BCUT2D eigenvalue weighted by Crippen LogP contribution is -2.56. The molecule has 2 saturated heterocycles. The van der Waals surface area contributed by atoms with E-state index in [1.165, 1.54) is 5.56 Å². The van der Waals surface area contributed by atoms with Gasteiger partial charge in [-0.1, -0.05) is 37.3 Å². The lowest BCUT2D eigenvalue weighted by molar-refractivity contribution is -0.159. The van der Waals surface area contributed by atoms with Gasteiger partial charge in [-0.2, -0.15) is 0 Å². The van der Waals surface area contributed by atoms with Crippen LogP contribution in [0.4, 0.5) is 0 Å². The molecule has 0 atom stereocenters. The number of carbonyl (C=O) groups is 2. The van der Waals surface area contributed by atoms with E-state index < -0.39 is 11.5 Å². The van der Waals surface area contributed by atoms with Crippen molar-refractivity contribution in [3.05, 3.63) is 35.9 Å². The SMILES string of the molecule is CC1(c2ccccc2)CC(C(=O)N2C3CCC2(C(=O)O)CC3)C1. The summed E-state index contributed by atoms with van der Waals surface area (Å²) in [6, 6.07) is 10.5. The first-order valence-electron chi connectivity index (χ1n) is 8.58. The summed E-state index contributed by atoms with van der Waals surface area (Å²) in [6.45, 7) is 2.21. The van der Waals surface area contributed by atoms with Crippen molar-refractivity contribution < 1.29 is 14.7 Å². The largest absolute Gasteiger partial charge is 0.479 e. The van der Waals surface area contributed by atoms with E-state index in [1.54, 1.807) is 4.90 Å². The molecule has 0 spiro atoms. The number of carboxylic acid groups (broad SMARTS) is 1. The quantitative estimate of drug-likeness (QED) is 0.933. The molecule has 1 aromatic rings. The molecule has 4 nitrogen and oxygen atoms in total. The lowest BCUT2D eigenvalue weighted by atomic mass is 9.59. The number of hydrogen-bond acceptors (Lipinski definition) is 2. The Bertz CT molecular complexity index is 640. The van der Waals surface area contributed by atoms with Gasteiger partial charge in [-0.15, -0.1) is 0 Å². The number of nitrogens with zero attached hydrogens (tertiary/aromatic N) is 1. The molecular weight excluding hydrogens is 290 g/mol. The Morgan fingerprint density at radius 2 is 1.74 bits per heavy atom. The van der Waals surface area contributed by atoms with Crippen LogP contribution in [0, 0.1) is 5.92 Å². The fourth-order valence-electron chi connectivity index (χ4n) is 5.11. The second-order valence-corrected chi connectivity index (χ2v) is 7.81. The highest BCUT2D eigenvalue weighted by Crippen LogP contribution is 2.52. The van der Waals surface area contributed by atoms with Crippen molar-refractivity contribution in [3.8, 4) is 0 Å². The van der Waals surface area contributed by atoms with E-state index in [9.17, 15) is 14.7 Å². The molecule has 1 N–H and O–H groups in total. The topological polar surface area (TPSA) is 57.6 Å². The summed E-state index contributed by atoms with van der Waals surface area (Å²) in [5, 5.41) is 9.67. The van der Waals surface area contributed by atoms with Gasteiger partial charge in [0.1, 0.15) is 5.54 Å². The molecule has 2 aliphatic heterocycles. The van der Waals surface area contributed by atoms with Gasteiger partial charge in [0.25, 0.3) is 0 Å². The molecule has 1 aliphatic carbocycles. The third-order valence-electron chi connectivity index (χ3n) is 6.46. The van der Waals surface area contributed by atoms with Gasteiger partial charge in [-0.3, -0.25) is 4.79 Å². The minimum atomic E-state index is -0.902. The van der Waals surface area contributed by atoms with Gasteiger partial charge in [-0.25, -0.2) is 4.79 Å². The van der Waals surface area contributed by atoms with E-state index in [4.69, 9.17) is 0 Å². The highest BCUT2D eigenvalue weighted by atomic mass is 16.4. The molecule has 1 amide bonds.